The molecule has 0 saturated heterocycles. The predicted molar refractivity (Wildman–Crippen MR) is 86.8 cm³/mol. The van der Waals surface area contributed by atoms with Crippen LogP contribution in [-0.4, -0.2) is 16.9 Å². The third kappa shape index (κ3) is 6.62. The van der Waals surface area contributed by atoms with Gasteiger partial charge in [0.25, 0.3) is 0 Å². The van der Waals surface area contributed by atoms with Gasteiger partial charge in [-0.1, -0.05) is 0 Å². The third-order valence-corrected chi connectivity index (χ3v) is 16.6. The van der Waals surface area contributed by atoms with Gasteiger partial charge in [-0.2, -0.15) is 0 Å². The molecule has 0 rings (SSSR count). The second kappa shape index (κ2) is 9.43. The van der Waals surface area contributed by atoms with E-state index in [9.17, 15) is 4.10 Å². The van der Waals surface area contributed by atoms with Crippen molar-refractivity contribution in [3.05, 3.63) is 0 Å². The van der Waals surface area contributed by atoms with Crippen molar-refractivity contribution < 1.29 is 4.10 Å². The fourth-order valence-corrected chi connectivity index (χ4v) is 15.2. The summed E-state index contributed by atoms with van der Waals surface area (Å²) in [6, 6.07) is 0. The van der Waals surface area contributed by atoms with E-state index in [0.717, 1.165) is 0 Å². The van der Waals surface area contributed by atoms with E-state index < -0.39 is 12.8 Å². The maximum absolute atomic E-state index is 11.7. The molecule has 1 N–H and O–H groups in total. The first kappa shape index (κ1) is 18.5. The van der Waals surface area contributed by atoms with Gasteiger partial charge >= 0.3 is 117 Å². The van der Waals surface area contributed by atoms with Crippen molar-refractivity contribution in [3.63, 3.8) is 0 Å². The van der Waals surface area contributed by atoms with Crippen LogP contribution in [0.1, 0.15) is 79.1 Å². The Balaban J connectivity index is 4.82. The molecule has 0 radical (unpaired) electrons. The Kier molecular flexibility index (Phi) is 9.70. The van der Waals surface area contributed by atoms with Crippen LogP contribution in [0.2, 0.25) is 20.8 Å². The molecule has 0 saturated carbocycles. The molecule has 0 aromatic carbocycles. The number of hydrogen-bond acceptors (Lipinski definition) is 1. The Hall–Kier alpha value is 0.518. The Bertz CT molecular complexity index is 160. The van der Waals surface area contributed by atoms with Gasteiger partial charge in [-0.05, 0) is 0 Å². The number of unbranched alkanes of at least 4 members (excludes halogenated alkanes) is 4. The van der Waals surface area contributed by atoms with Crippen LogP contribution in [0, 0.1) is 0 Å². The van der Waals surface area contributed by atoms with Gasteiger partial charge in [0.15, 0.2) is 0 Å². The average Bonchev–Trinajstić information content (AvgIpc) is 2.40. The topological polar surface area (TPSA) is 20.2 Å². The zero-order valence-electron chi connectivity index (χ0n) is 13.4. The van der Waals surface area contributed by atoms with Crippen LogP contribution in [-0.2, 0) is 0 Å². The van der Waals surface area contributed by atoms with E-state index in [1.807, 2.05) is 0 Å². The van der Waals surface area contributed by atoms with Crippen molar-refractivity contribution in [1.29, 1.82) is 0 Å². The molecule has 0 aliphatic heterocycles. The first-order chi connectivity index (χ1) is 8.54. The SMILES string of the molecule is CCCC[As](O)(CCCC)(CCCC)CCCC. The molecular weight excluding hydrogens is 283 g/mol. The zero-order chi connectivity index (χ0) is 13.9. The average molecular weight is 320 g/mol. The molecule has 0 heterocycles. The molecule has 0 spiro atoms. The van der Waals surface area contributed by atoms with Crippen LogP contribution >= 0.6 is 0 Å². The molecule has 2 heteroatoms. The first-order valence-electron chi connectivity index (χ1n) is 8.29. The van der Waals surface area contributed by atoms with E-state index >= 15 is 0 Å². The van der Waals surface area contributed by atoms with Crippen LogP contribution in [0.3, 0.4) is 0 Å². The summed E-state index contributed by atoms with van der Waals surface area (Å²) in [4.78, 5) is 0. The Morgan fingerprint density at radius 1 is 0.556 bits per heavy atom. The van der Waals surface area contributed by atoms with E-state index in [1.165, 1.54) is 72.2 Å². The Morgan fingerprint density at radius 3 is 0.944 bits per heavy atom. The van der Waals surface area contributed by atoms with E-state index in [0.29, 0.717) is 0 Å². The molecule has 0 atom stereocenters. The van der Waals surface area contributed by atoms with Crippen LogP contribution in [0.15, 0.2) is 0 Å². The van der Waals surface area contributed by atoms with Crippen LogP contribution in [0.5, 0.6) is 0 Å². The van der Waals surface area contributed by atoms with E-state index in [-0.39, 0.29) is 0 Å². The summed E-state index contributed by atoms with van der Waals surface area (Å²) in [5, 5.41) is 4.76. The standard InChI is InChI=1S/C16H37AsO/c1-5-9-13-17(18,14-10-6-2,15-11-7-3)16-12-8-4/h18H,5-16H2,1-4H3. The quantitative estimate of drug-likeness (QED) is 0.432. The second-order valence-corrected chi connectivity index (χ2v) is 18.0. The molecule has 1 nitrogen and oxygen atoms in total. The van der Waals surface area contributed by atoms with Gasteiger partial charge in [-0.15, -0.1) is 0 Å². The molecule has 0 fully saturated rings. The summed E-state index contributed by atoms with van der Waals surface area (Å²) in [5.41, 5.74) is 0. The monoisotopic (exact) mass is 320 g/mol. The summed E-state index contributed by atoms with van der Waals surface area (Å²) in [7, 11) is 0. The van der Waals surface area contributed by atoms with Gasteiger partial charge < -0.3 is 0 Å². The van der Waals surface area contributed by atoms with Crippen molar-refractivity contribution in [2.75, 3.05) is 0 Å². The molecule has 0 amide bonds. The minimum atomic E-state index is -2.96. The van der Waals surface area contributed by atoms with Gasteiger partial charge in [0.1, 0.15) is 0 Å². The van der Waals surface area contributed by atoms with E-state index in [4.69, 9.17) is 0 Å². The summed E-state index contributed by atoms with van der Waals surface area (Å²) >= 11 is -2.96. The molecule has 18 heavy (non-hydrogen) atoms. The Morgan fingerprint density at radius 2 is 0.778 bits per heavy atom. The summed E-state index contributed by atoms with van der Waals surface area (Å²) < 4.78 is 11.7. The predicted octanol–water partition coefficient (Wildman–Crippen LogP) is 6.08. The van der Waals surface area contributed by atoms with Crippen molar-refractivity contribution in [2.24, 2.45) is 0 Å². The minimum absolute atomic E-state index is 1.19. The maximum atomic E-state index is 11.7. The second-order valence-electron chi connectivity index (χ2n) is 6.22. The fourth-order valence-electron chi connectivity index (χ4n) is 2.93. The number of rotatable bonds is 12. The van der Waals surface area contributed by atoms with Crippen molar-refractivity contribution in [2.45, 2.75) is 99.9 Å². The summed E-state index contributed by atoms with van der Waals surface area (Å²) in [5.74, 6) is 0. The summed E-state index contributed by atoms with van der Waals surface area (Å²) in [6.45, 7) is 9.03. The van der Waals surface area contributed by atoms with Crippen molar-refractivity contribution in [3.8, 4) is 0 Å². The third-order valence-electron chi connectivity index (χ3n) is 4.34. The molecule has 0 aliphatic rings. The molecule has 0 unspecified atom stereocenters. The molecule has 0 aromatic rings. The normalized spacial score (nSPS) is 14.4. The molecule has 0 bridgehead atoms. The van der Waals surface area contributed by atoms with Gasteiger partial charge in [-0.3, -0.25) is 0 Å². The van der Waals surface area contributed by atoms with E-state index in [1.54, 1.807) is 0 Å². The van der Waals surface area contributed by atoms with Crippen LogP contribution in [0.25, 0.3) is 0 Å². The van der Waals surface area contributed by atoms with Crippen molar-refractivity contribution >= 4 is 12.8 Å². The zero-order valence-corrected chi connectivity index (χ0v) is 15.3. The molecular formula is C16H37AsO. The molecule has 112 valence electrons. The number of hydrogen-bond donors (Lipinski definition) is 1. The van der Waals surface area contributed by atoms with Crippen LogP contribution in [0.4, 0.5) is 0 Å². The van der Waals surface area contributed by atoms with Gasteiger partial charge in [0, 0.05) is 0 Å². The van der Waals surface area contributed by atoms with Crippen LogP contribution < -0.4 is 0 Å². The van der Waals surface area contributed by atoms with E-state index in [2.05, 4.69) is 27.7 Å². The fraction of sp³-hybridized carbons (Fsp3) is 1.00. The van der Waals surface area contributed by atoms with Gasteiger partial charge in [0.05, 0.1) is 0 Å². The summed E-state index contributed by atoms with van der Waals surface area (Å²) in [6.07, 6.45) is 9.95. The first-order valence-corrected chi connectivity index (χ1v) is 14.4. The molecule has 0 aromatic heterocycles. The Labute approximate surface area is 117 Å². The van der Waals surface area contributed by atoms with Gasteiger partial charge in [-0.25, -0.2) is 0 Å². The van der Waals surface area contributed by atoms with Crippen molar-refractivity contribution in [1.82, 2.24) is 0 Å². The molecule has 0 aliphatic carbocycles. The van der Waals surface area contributed by atoms with Gasteiger partial charge in [0.2, 0.25) is 0 Å².